The second kappa shape index (κ2) is 7.71. The lowest BCUT2D eigenvalue weighted by molar-refractivity contribution is 0.174. The van der Waals surface area contributed by atoms with Crippen molar-refractivity contribution in [3.63, 3.8) is 0 Å². The Hall–Kier alpha value is -2.54. The molecule has 1 saturated carbocycles. The predicted octanol–water partition coefficient (Wildman–Crippen LogP) is 3.51. The number of tetrazole rings is 1. The van der Waals surface area contributed by atoms with E-state index in [9.17, 15) is 4.79 Å². The zero-order valence-electron chi connectivity index (χ0n) is 17.0. The summed E-state index contributed by atoms with van der Waals surface area (Å²) in [6, 6.07) is 8.37. The van der Waals surface area contributed by atoms with Gasteiger partial charge in [-0.15, -0.1) is 5.10 Å². The SMILES string of the molecule is Cc1ccc2cc(C(c3nnnn3C3CCCC3)N3CCCCC3)c(=O)[nH]c2c1. The Morgan fingerprint density at radius 2 is 1.86 bits per heavy atom. The minimum Gasteiger partial charge on any atom is -0.322 e. The van der Waals surface area contributed by atoms with Crippen molar-refractivity contribution in [3.8, 4) is 0 Å². The van der Waals surface area contributed by atoms with Gasteiger partial charge in [-0.2, -0.15) is 0 Å². The highest BCUT2D eigenvalue weighted by molar-refractivity contribution is 5.79. The highest BCUT2D eigenvalue weighted by Gasteiger charge is 2.33. The number of aryl methyl sites for hydroxylation is 1. The van der Waals surface area contributed by atoms with Gasteiger partial charge in [0.1, 0.15) is 6.04 Å². The smallest absolute Gasteiger partial charge is 0.253 e. The molecule has 5 rings (SSSR count). The van der Waals surface area contributed by atoms with Crippen molar-refractivity contribution < 1.29 is 0 Å². The summed E-state index contributed by atoms with van der Waals surface area (Å²) in [5.41, 5.74) is 2.72. The fourth-order valence-electron chi connectivity index (χ4n) is 5.00. The maximum absolute atomic E-state index is 13.2. The Morgan fingerprint density at radius 3 is 2.66 bits per heavy atom. The summed E-state index contributed by atoms with van der Waals surface area (Å²) in [5, 5.41) is 13.9. The number of hydrogen-bond donors (Lipinski definition) is 1. The van der Waals surface area contributed by atoms with Gasteiger partial charge in [0.05, 0.1) is 6.04 Å². The van der Waals surface area contributed by atoms with Gasteiger partial charge in [-0.25, -0.2) is 4.68 Å². The second-order valence-electron chi connectivity index (χ2n) is 8.56. The van der Waals surface area contributed by atoms with Crippen molar-refractivity contribution in [2.24, 2.45) is 0 Å². The zero-order chi connectivity index (χ0) is 19.8. The molecule has 0 amide bonds. The van der Waals surface area contributed by atoms with Gasteiger partial charge < -0.3 is 4.98 Å². The lowest BCUT2D eigenvalue weighted by Crippen LogP contribution is -2.38. The third-order valence-corrected chi connectivity index (χ3v) is 6.51. The van der Waals surface area contributed by atoms with Crippen LogP contribution in [0.15, 0.2) is 29.1 Å². The number of nitrogens with zero attached hydrogens (tertiary/aromatic N) is 5. The van der Waals surface area contributed by atoms with Gasteiger partial charge in [-0.05, 0) is 79.2 Å². The third-order valence-electron chi connectivity index (χ3n) is 6.51. The average molecular weight is 393 g/mol. The Morgan fingerprint density at radius 1 is 1.07 bits per heavy atom. The molecule has 7 heteroatoms. The average Bonchev–Trinajstić information content (AvgIpc) is 3.41. The van der Waals surface area contributed by atoms with E-state index in [0.717, 1.165) is 66.6 Å². The lowest BCUT2D eigenvalue weighted by Gasteiger charge is -2.34. The molecule has 7 nitrogen and oxygen atoms in total. The first-order chi connectivity index (χ1) is 14.2. The number of rotatable bonds is 4. The molecule has 3 heterocycles. The predicted molar refractivity (Wildman–Crippen MR) is 112 cm³/mol. The molecule has 1 saturated heterocycles. The molecule has 1 aliphatic carbocycles. The second-order valence-corrected chi connectivity index (χ2v) is 8.56. The molecule has 0 bridgehead atoms. The van der Waals surface area contributed by atoms with E-state index >= 15 is 0 Å². The summed E-state index contributed by atoms with van der Waals surface area (Å²) in [4.78, 5) is 18.7. The fraction of sp³-hybridized carbons (Fsp3) is 0.545. The number of benzene rings is 1. The number of H-pyrrole nitrogens is 1. The van der Waals surface area contributed by atoms with E-state index < -0.39 is 0 Å². The minimum absolute atomic E-state index is 0.0420. The molecular weight excluding hydrogens is 364 g/mol. The Kier molecular flexibility index (Phi) is 4.91. The number of fused-ring (bicyclic) bond motifs is 1. The van der Waals surface area contributed by atoms with Crippen LogP contribution in [0.1, 0.15) is 74.0 Å². The zero-order valence-corrected chi connectivity index (χ0v) is 17.0. The largest absolute Gasteiger partial charge is 0.322 e. The van der Waals surface area contributed by atoms with Gasteiger partial charge >= 0.3 is 0 Å². The highest BCUT2D eigenvalue weighted by atomic mass is 16.1. The van der Waals surface area contributed by atoms with E-state index in [1.165, 1.54) is 19.3 Å². The van der Waals surface area contributed by atoms with Crippen LogP contribution in [-0.2, 0) is 0 Å². The molecular formula is C22H28N6O. The number of aromatic nitrogens is 5. The summed E-state index contributed by atoms with van der Waals surface area (Å²) in [6.45, 7) is 3.97. The van der Waals surface area contributed by atoms with Crippen molar-refractivity contribution in [2.75, 3.05) is 13.1 Å². The standard InChI is InChI=1S/C22H28N6O/c1-15-9-10-16-14-18(22(29)23-19(16)13-15)20(27-11-5-2-6-12-27)21-24-25-26-28(21)17-7-3-4-8-17/h9-10,13-14,17,20H,2-8,11-12H2,1H3,(H,23,29). The Balaban J connectivity index is 1.65. The van der Waals surface area contributed by atoms with E-state index in [1.807, 2.05) is 23.7 Å². The summed E-state index contributed by atoms with van der Waals surface area (Å²) in [7, 11) is 0. The maximum Gasteiger partial charge on any atom is 0.253 e. The van der Waals surface area contributed by atoms with Gasteiger partial charge in [-0.3, -0.25) is 9.69 Å². The molecule has 2 fully saturated rings. The Labute approximate surface area is 170 Å². The molecule has 1 atom stereocenters. The molecule has 29 heavy (non-hydrogen) atoms. The van der Waals surface area contributed by atoms with Crippen LogP contribution >= 0.6 is 0 Å². The van der Waals surface area contributed by atoms with Crippen LogP contribution in [0.5, 0.6) is 0 Å². The van der Waals surface area contributed by atoms with Crippen LogP contribution in [0, 0.1) is 6.92 Å². The number of nitrogens with one attached hydrogen (secondary N) is 1. The van der Waals surface area contributed by atoms with Crippen molar-refractivity contribution in [3.05, 3.63) is 51.6 Å². The Bertz CT molecular complexity index is 1060. The molecule has 1 aliphatic heterocycles. The highest BCUT2D eigenvalue weighted by Crippen LogP contribution is 2.34. The summed E-state index contributed by atoms with van der Waals surface area (Å²) < 4.78 is 2.01. The maximum atomic E-state index is 13.2. The van der Waals surface area contributed by atoms with Crippen LogP contribution < -0.4 is 5.56 Å². The molecule has 152 valence electrons. The molecule has 1 aromatic carbocycles. The first kappa shape index (κ1) is 18.5. The number of aromatic amines is 1. The van der Waals surface area contributed by atoms with Gasteiger partial charge in [-0.1, -0.05) is 31.4 Å². The van der Waals surface area contributed by atoms with E-state index in [4.69, 9.17) is 0 Å². The molecule has 3 aromatic rings. The summed E-state index contributed by atoms with van der Waals surface area (Å²) in [5.74, 6) is 0.816. The molecule has 1 N–H and O–H groups in total. The van der Waals surface area contributed by atoms with Crippen molar-refractivity contribution >= 4 is 10.9 Å². The van der Waals surface area contributed by atoms with E-state index in [-0.39, 0.29) is 11.6 Å². The molecule has 2 aliphatic rings. The molecule has 0 radical (unpaired) electrons. The number of piperidine rings is 1. The summed E-state index contributed by atoms with van der Waals surface area (Å²) in [6.07, 6.45) is 8.18. The van der Waals surface area contributed by atoms with Crippen LogP contribution in [-0.4, -0.2) is 43.2 Å². The summed E-state index contributed by atoms with van der Waals surface area (Å²) >= 11 is 0. The minimum atomic E-state index is -0.208. The van der Waals surface area contributed by atoms with Gasteiger partial charge in [0.15, 0.2) is 5.82 Å². The first-order valence-electron chi connectivity index (χ1n) is 10.9. The molecule has 2 aromatic heterocycles. The van der Waals surface area contributed by atoms with Crippen LogP contribution in [0.4, 0.5) is 0 Å². The first-order valence-corrected chi connectivity index (χ1v) is 10.9. The van der Waals surface area contributed by atoms with Gasteiger partial charge in [0, 0.05) is 11.1 Å². The molecule has 0 spiro atoms. The van der Waals surface area contributed by atoms with Crippen LogP contribution in [0.2, 0.25) is 0 Å². The third kappa shape index (κ3) is 3.48. The fourth-order valence-corrected chi connectivity index (χ4v) is 5.00. The number of likely N-dealkylation sites (tertiary alicyclic amines) is 1. The van der Waals surface area contributed by atoms with Crippen LogP contribution in [0.25, 0.3) is 10.9 Å². The lowest BCUT2D eigenvalue weighted by atomic mass is 10.00. The van der Waals surface area contributed by atoms with Crippen LogP contribution in [0.3, 0.4) is 0 Å². The van der Waals surface area contributed by atoms with Crippen molar-refractivity contribution in [1.82, 2.24) is 30.1 Å². The number of pyridine rings is 1. The van der Waals surface area contributed by atoms with E-state index in [0.29, 0.717) is 6.04 Å². The van der Waals surface area contributed by atoms with Gasteiger partial charge in [0.25, 0.3) is 5.56 Å². The topological polar surface area (TPSA) is 79.7 Å². The number of hydrogen-bond acceptors (Lipinski definition) is 5. The van der Waals surface area contributed by atoms with Crippen molar-refractivity contribution in [2.45, 2.75) is 64.0 Å². The normalized spacial score (nSPS) is 19.8. The van der Waals surface area contributed by atoms with Gasteiger partial charge in [0.2, 0.25) is 0 Å². The quantitative estimate of drug-likeness (QED) is 0.735. The van der Waals surface area contributed by atoms with E-state index in [2.05, 4.69) is 37.5 Å². The monoisotopic (exact) mass is 392 g/mol. The molecule has 1 unspecified atom stereocenters. The van der Waals surface area contributed by atoms with E-state index in [1.54, 1.807) is 0 Å². The van der Waals surface area contributed by atoms with Crippen molar-refractivity contribution in [1.29, 1.82) is 0 Å².